The van der Waals surface area contributed by atoms with Crippen molar-refractivity contribution in [3.63, 3.8) is 0 Å². The molecule has 0 bridgehead atoms. The Hall–Kier alpha value is -2.59. The van der Waals surface area contributed by atoms with Gasteiger partial charge in [-0.05, 0) is 91.1 Å². The highest BCUT2D eigenvalue weighted by molar-refractivity contribution is 5.85. The third kappa shape index (κ3) is 6.98. The second-order valence-electron chi connectivity index (χ2n) is 10.5. The summed E-state index contributed by atoms with van der Waals surface area (Å²) in [5, 5.41) is 1.63. The molecule has 0 aliphatic heterocycles. The van der Waals surface area contributed by atoms with E-state index < -0.39 is 0 Å². The van der Waals surface area contributed by atoms with Crippen molar-refractivity contribution in [1.82, 2.24) is 0 Å². The molecule has 0 saturated heterocycles. The maximum Gasteiger partial charge on any atom is 0.134 e. The second-order valence-corrected chi connectivity index (χ2v) is 10.5. The molecule has 0 radical (unpaired) electrons. The molecule has 0 N–H and O–H groups in total. The lowest BCUT2D eigenvalue weighted by molar-refractivity contribution is 0.303. The molecule has 0 aromatic heterocycles. The van der Waals surface area contributed by atoms with Crippen LogP contribution in [0.3, 0.4) is 0 Å². The zero-order valence-electron chi connectivity index (χ0n) is 21.7. The van der Waals surface area contributed by atoms with Gasteiger partial charge in [0.25, 0.3) is 0 Å². The fourth-order valence-corrected chi connectivity index (χ4v) is 5.62. The van der Waals surface area contributed by atoms with Crippen LogP contribution in [0, 0.1) is 23.6 Å². The number of unbranched alkanes of at least 4 members (excludes halogenated alkanes) is 4. The van der Waals surface area contributed by atoms with Gasteiger partial charge >= 0.3 is 0 Å². The summed E-state index contributed by atoms with van der Waals surface area (Å²) in [5.41, 5.74) is 4.27. The number of hydrogen-bond acceptors (Lipinski definition) is 0. The van der Waals surface area contributed by atoms with Gasteiger partial charge in [0.15, 0.2) is 0 Å². The highest BCUT2D eigenvalue weighted by Crippen LogP contribution is 2.37. The predicted octanol–water partition coefficient (Wildman–Crippen LogP) is 9.97. The lowest BCUT2D eigenvalue weighted by Gasteiger charge is -2.29. The van der Waals surface area contributed by atoms with Crippen LogP contribution >= 0.6 is 0 Å². The van der Waals surface area contributed by atoms with E-state index in [0.717, 1.165) is 53.7 Å². The first-order chi connectivity index (χ1) is 17.2. The topological polar surface area (TPSA) is 0 Å². The summed E-state index contributed by atoms with van der Waals surface area (Å²) in [6, 6.07) is 18.7. The van der Waals surface area contributed by atoms with E-state index in [1.54, 1.807) is 0 Å². The summed E-state index contributed by atoms with van der Waals surface area (Å²) in [6.07, 6.45) is 15.1. The molecule has 0 heterocycles. The van der Waals surface area contributed by atoms with Crippen molar-refractivity contribution in [2.75, 3.05) is 0 Å². The Kier molecular flexibility index (Phi) is 9.42. The molecule has 0 nitrogen and oxygen atoms in total. The number of rotatable bonds is 9. The van der Waals surface area contributed by atoms with Crippen LogP contribution in [0.2, 0.25) is 0 Å². The van der Waals surface area contributed by atoms with Crippen molar-refractivity contribution in [1.29, 1.82) is 0 Å². The third-order valence-electron chi connectivity index (χ3n) is 7.88. The van der Waals surface area contributed by atoms with Crippen LogP contribution in [-0.4, -0.2) is 0 Å². The molecule has 1 aliphatic carbocycles. The summed E-state index contributed by atoms with van der Waals surface area (Å²) >= 11 is 0. The molecule has 4 rings (SSSR count). The molecule has 0 atom stereocenters. The summed E-state index contributed by atoms with van der Waals surface area (Å²) in [5.74, 6) is 8.19. The molecule has 3 aromatic carbocycles. The quantitative estimate of drug-likeness (QED) is 0.216. The van der Waals surface area contributed by atoms with Crippen LogP contribution in [0.5, 0.6) is 0 Å². The molecule has 1 saturated carbocycles. The van der Waals surface area contributed by atoms with Gasteiger partial charge in [0.2, 0.25) is 0 Å². The van der Waals surface area contributed by atoms with Gasteiger partial charge in [-0.2, -0.15) is 0 Å². The second kappa shape index (κ2) is 12.9. The summed E-state index contributed by atoms with van der Waals surface area (Å²) in [4.78, 5) is 0. The minimum atomic E-state index is -0.0660. The molecule has 1 aliphatic rings. The third-order valence-corrected chi connectivity index (χ3v) is 7.88. The van der Waals surface area contributed by atoms with Crippen molar-refractivity contribution in [3.05, 3.63) is 82.7 Å². The smallest absolute Gasteiger partial charge is 0.134 e. The monoisotopic (exact) mass is 468 g/mol. The Bertz CT molecular complexity index is 1140. The first kappa shape index (κ1) is 25.5. The van der Waals surface area contributed by atoms with Crippen molar-refractivity contribution in [3.8, 4) is 11.8 Å². The fourth-order valence-electron chi connectivity index (χ4n) is 5.62. The Morgan fingerprint density at radius 2 is 1.43 bits per heavy atom. The molecule has 1 fully saturated rings. The first-order valence-electron chi connectivity index (χ1n) is 14.0. The van der Waals surface area contributed by atoms with Gasteiger partial charge < -0.3 is 0 Å². The molecule has 3 aromatic rings. The molecule has 0 amide bonds. The minimum absolute atomic E-state index is 0.0660. The van der Waals surface area contributed by atoms with Crippen molar-refractivity contribution in [2.45, 2.75) is 96.8 Å². The maximum absolute atomic E-state index is 14.9. The van der Waals surface area contributed by atoms with E-state index in [-0.39, 0.29) is 5.82 Å². The van der Waals surface area contributed by atoms with Gasteiger partial charge in [-0.25, -0.2) is 4.39 Å². The van der Waals surface area contributed by atoms with Gasteiger partial charge in [-0.15, -0.1) is 0 Å². The molecule has 0 unspecified atom stereocenters. The Labute approximate surface area is 212 Å². The lowest BCUT2D eigenvalue weighted by Crippen LogP contribution is -2.13. The van der Waals surface area contributed by atoms with E-state index in [1.807, 2.05) is 30.3 Å². The van der Waals surface area contributed by atoms with Crippen LogP contribution < -0.4 is 0 Å². The molecular weight excluding hydrogens is 427 g/mol. The number of halogens is 1. The van der Waals surface area contributed by atoms with Gasteiger partial charge in [-0.1, -0.05) is 94.5 Å². The standard InChI is InChI=1S/C34H41F/c1-3-5-7-9-26-13-18-29(19-14-26)30-20-15-27(16-21-30)11-12-28-17-24-33-32(25-28)23-22-31(34(33)35)10-8-6-4-2/h15-17,20-26,29H,3-10,13-14,18-19H2,1-2H3. The molecule has 0 spiro atoms. The van der Waals surface area contributed by atoms with Crippen LogP contribution in [0.4, 0.5) is 4.39 Å². The van der Waals surface area contributed by atoms with Crippen molar-refractivity contribution >= 4 is 10.8 Å². The normalized spacial score (nSPS) is 17.8. The molecular formula is C34H41F. The highest BCUT2D eigenvalue weighted by atomic mass is 19.1. The molecule has 1 heteroatoms. The van der Waals surface area contributed by atoms with Gasteiger partial charge in [-0.3, -0.25) is 0 Å². The highest BCUT2D eigenvalue weighted by Gasteiger charge is 2.21. The van der Waals surface area contributed by atoms with Crippen LogP contribution in [0.1, 0.15) is 113 Å². The molecule has 184 valence electrons. The van der Waals surface area contributed by atoms with Gasteiger partial charge in [0, 0.05) is 16.5 Å². The number of aryl methyl sites for hydroxylation is 1. The van der Waals surface area contributed by atoms with Gasteiger partial charge in [0.1, 0.15) is 5.82 Å². The van der Waals surface area contributed by atoms with Crippen LogP contribution in [0.25, 0.3) is 10.8 Å². The van der Waals surface area contributed by atoms with E-state index in [2.05, 4.69) is 50.0 Å². The Balaban J connectivity index is 1.37. The van der Waals surface area contributed by atoms with Crippen molar-refractivity contribution < 1.29 is 4.39 Å². The van der Waals surface area contributed by atoms with Crippen LogP contribution in [0.15, 0.2) is 54.6 Å². The largest absolute Gasteiger partial charge is 0.206 e. The summed E-state index contributed by atoms with van der Waals surface area (Å²) < 4.78 is 14.9. The Morgan fingerprint density at radius 1 is 0.743 bits per heavy atom. The number of fused-ring (bicyclic) bond motifs is 1. The van der Waals surface area contributed by atoms with Gasteiger partial charge in [0.05, 0.1) is 0 Å². The number of hydrogen-bond donors (Lipinski definition) is 0. The Morgan fingerprint density at radius 3 is 2.17 bits per heavy atom. The van der Waals surface area contributed by atoms with Crippen LogP contribution in [-0.2, 0) is 6.42 Å². The maximum atomic E-state index is 14.9. The SMILES string of the molecule is CCCCCc1ccc2cc(C#Cc3ccc(C4CCC(CCCCC)CC4)cc3)ccc2c1F. The van der Waals surface area contributed by atoms with E-state index in [9.17, 15) is 4.39 Å². The summed E-state index contributed by atoms with van der Waals surface area (Å²) in [7, 11) is 0. The zero-order chi connectivity index (χ0) is 24.5. The zero-order valence-corrected chi connectivity index (χ0v) is 21.7. The van der Waals surface area contributed by atoms with E-state index in [0.29, 0.717) is 11.3 Å². The minimum Gasteiger partial charge on any atom is -0.206 e. The number of benzene rings is 3. The summed E-state index contributed by atoms with van der Waals surface area (Å²) in [6.45, 7) is 4.47. The first-order valence-corrected chi connectivity index (χ1v) is 14.0. The van der Waals surface area contributed by atoms with E-state index in [1.165, 1.54) is 56.9 Å². The van der Waals surface area contributed by atoms with E-state index in [4.69, 9.17) is 0 Å². The average molecular weight is 469 g/mol. The average Bonchev–Trinajstić information content (AvgIpc) is 2.90. The fraction of sp³-hybridized carbons (Fsp3) is 0.471. The van der Waals surface area contributed by atoms with E-state index >= 15 is 0 Å². The predicted molar refractivity (Wildman–Crippen MR) is 148 cm³/mol. The lowest BCUT2D eigenvalue weighted by atomic mass is 9.77. The molecule has 35 heavy (non-hydrogen) atoms. The van der Waals surface area contributed by atoms with Crippen molar-refractivity contribution in [2.24, 2.45) is 5.92 Å².